The number of hydrogen-bond donors (Lipinski definition) is 1. The molecule has 2 aliphatic heterocycles. The minimum atomic E-state index is -0.129. The Morgan fingerprint density at radius 3 is 2.62 bits per heavy atom. The summed E-state index contributed by atoms with van der Waals surface area (Å²) < 4.78 is 0. The van der Waals surface area contributed by atoms with Crippen molar-refractivity contribution >= 4 is 11.9 Å². The fourth-order valence-electron chi connectivity index (χ4n) is 3.10. The molecule has 0 aromatic carbocycles. The summed E-state index contributed by atoms with van der Waals surface area (Å²) in [6.45, 7) is 4.75. The summed E-state index contributed by atoms with van der Waals surface area (Å²) >= 11 is 0. The number of carbonyl (C=O) groups excluding carboxylic acids is 1. The van der Waals surface area contributed by atoms with Crippen molar-refractivity contribution in [2.45, 2.75) is 32.1 Å². The Morgan fingerprint density at radius 1 is 1.29 bits per heavy atom. The molecule has 3 rings (SSSR count). The summed E-state index contributed by atoms with van der Waals surface area (Å²) in [5, 5.41) is 0. The van der Waals surface area contributed by atoms with Gasteiger partial charge in [-0.05, 0) is 18.8 Å². The fourth-order valence-corrected chi connectivity index (χ4v) is 3.10. The number of H-pyrrole nitrogens is 1. The third kappa shape index (κ3) is 2.94. The predicted octanol–water partition coefficient (Wildman–Crippen LogP) is 0.952. The van der Waals surface area contributed by atoms with Crippen LogP contribution in [-0.2, 0) is 4.79 Å². The number of hydrogen-bond acceptors (Lipinski definition) is 4. The van der Waals surface area contributed by atoms with E-state index in [1.165, 1.54) is 6.07 Å². The maximum Gasteiger partial charge on any atom is 0.252 e. The highest BCUT2D eigenvalue weighted by Crippen LogP contribution is 2.26. The Kier molecular flexibility index (Phi) is 3.69. The number of likely N-dealkylation sites (N-methyl/N-ethyl adjacent to an activating group) is 1. The molecule has 114 valence electrons. The van der Waals surface area contributed by atoms with E-state index in [-0.39, 0.29) is 17.4 Å². The van der Waals surface area contributed by atoms with Crippen molar-refractivity contribution in [3.05, 3.63) is 22.1 Å². The maximum absolute atomic E-state index is 11.9. The number of nitrogens with one attached hydrogen (secondary N) is 1. The van der Waals surface area contributed by atoms with E-state index in [0.717, 1.165) is 37.5 Å². The summed E-state index contributed by atoms with van der Waals surface area (Å²) in [5.74, 6) is 1.55. The highest BCUT2D eigenvalue weighted by Gasteiger charge is 2.30. The zero-order valence-corrected chi connectivity index (χ0v) is 12.6. The summed E-state index contributed by atoms with van der Waals surface area (Å²) in [4.78, 5) is 34.9. The smallest absolute Gasteiger partial charge is 0.252 e. The predicted molar refractivity (Wildman–Crippen MR) is 80.5 cm³/mol. The number of amides is 1. The van der Waals surface area contributed by atoms with Crippen molar-refractivity contribution in [2.24, 2.45) is 5.92 Å². The van der Waals surface area contributed by atoms with Gasteiger partial charge in [0.15, 0.2) is 0 Å². The second-order valence-electron chi connectivity index (χ2n) is 6.34. The second-order valence-corrected chi connectivity index (χ2v) is 6.34. The first-order valence-electron chi connectivity index (χ1n) is 7.63. The lowest BCUT2D eigenvalue weighted by Crippen LogP contribution is -2.35. The summed E-state index contributed by atoms with van der Waals surface area (Å²) in [6, 6.07) is 1.53. The lowest BCUT2D eigenvalue weighted by Gasteiger charge is -2.30. The van der Waals surface area contributed by atoms with Gasteiger partial charge in [-0.3, -0.25) is 14.6 Å². The number of rotatable bonds is 2. The molecule has 3 heterocycles. The molecule has 21 heavy (non-hydrogen) atoms. The van der Waals surface area contributed by atoms with E-state index < -0.39 is 0 Å². The molecule has 6 heteroatoms. The molecule has 1 aromatic heterocycles. The number of aromatic nitrogens is 2. The van der Waals surface area contributed by atoms with E-state index >= 15 is 0 Å². The first kappa shape index (κ1) is 14.1. The molecule has 2 saturated heterocycles. The van der Waals surface area contributed by atoms with Gasteiger partial charge in [0.05, 0.1) is 5.69 Å². The molecule has 2 aliphatic rings. The number of anilines is 1. The quantitative estimate of drug-likeness (QED) is 0.880. The van der Waals surface area contributed by atoms with Gasteiger partial charge in [0.25, 0.3) is 5.56 Å². The molecule has 0 bridgehead atoms. The highest BCUT2D eigenvalue weighted by molar-refractivity contribution is 5.79. The van der Waals surface area contributed by atoms with Gasteiger partial charge >= 0.3 is 0 Å². The number of nitrogens with zero attached hydrogens (tertiary/aromatic N) is 3. The van der Waals surface area contributed by atoms with Crippen molar-refractivity contribution in [2.75, 3.05) is 31.6 Å². The van der Waals surface area contributed by atoms with E-state index in [2.05, 4.69) is 21.8 Å². The van der Waals surface area contributed by atoms with Crippen LogP contribution in [0.1, 0.15) is 37.8 Å². The zero-order chi connectivity index (χ0) is 15.0. The van der Waals surface area contributed by atoms with Crippen molar-refractivity contribution in [3.63, 3.8) is 0 Å². The Hall–Kier alpha value is -1.85. The van der Waals surface area contributed by atoms with Crippen molar-refractivity contribution in [3.8, 4) is 0 Å². The number of aromatic amines is 1. The van der Waals surface area contributed by atoms with Crippen molar-refractivity contribution in [1.29, 1.82) is 0 Å². The minimum Gasteiger partial charge on any atom is -0.345 e. The molecule has 2 fully saturated rings. The largest absolute Gasteiger partial charge is 0.345 e. The Balaban J connectivity index is 1.83. The summed E-state index contributed by atoms with van der Waals surface area (Å²) in [5.41, 5.74) is 0.612. The SMILES string of the molecule is CC1CCN(c2nc([C@H]3CC(=O)N(C)C3)cc(=O)[nH]2)CC1. The van der Waals surface area contributed by atoms with Crippen LogP contribution in [0.4, 0.5) is 5.95 Å². The average molecular weight is 290 g/mol. The van der Waals surface area contributed by atoms with Gasteiger partial charge in [0.1, 0.15) is 0 Å². The van der Waals surface area contributed by atoms with Gasteiger partial charge in [-0.2, -0.15) is 0 Å². The van der Waals surface area contributed by atoms with Crippen LogP contribution in [0, 0.1) is 5.92 Å². The van der Waals surface area contributed by atoms with E-state index in [1.54, 1.807) is 11.9 Å². The molecular weight excluding hydrogens is 268 g/mol. The molecular formula is C15H22N4O2. The molecule has 0 spiro atoms. The van der Waals surface area contributed by atoms with Crippen LogP contribution in [0.3, 0.4) is 0 Å². The van der Waals surface area contributed by atoms with E-state index in [9.17, 15) is 9.59 Å². The minimum absolute atomic E-state index is 0.0345. The molecule has 0 radical (unpaired) electrons. The Labute approximate surface area is 124 Å². The van der Waals surface area contributed by atoms with Gasteiger partial charge in [-0.25, -0.2) is 4.98 Å². The average Bonchev–Trinajstić information content (AvgIpc) is 2.79. The topological polar surface area (TPSA) is 69.3 Å². The third-order valence-corrected chi connectivity index (χ3v) is 4.59. The van der Waals surface area contributed by atoms with Gasteiger partial charge in [-0.1, -0.05) is 6.92 Å². The van der Waals surface area contributed by atoms with Crippen LogP contribution >= 0.6 is 0 Å². The molecule has 0 aliphatic carbocycles. The standard InChI is InChI=1S/C15H22N4O2/c1-10-3-5-19(6-4-10)15-16-12(8-13(20)17-15)11-7-14(21)18(2)9-11/h8,10-11H,3-7,9H2,1-2H3,(H,16,17,20)/t11-/m0/s1. The summed E-state index contributed by atoms with van der Waals surface area (Å²) in [7, 11) is 1.79. The van der Waals surface area contributed by atoms with E-state index in [0.29, 0.717) is 18.9 Å². The molecule has 6 nitrogen and oxygen atoms in total. The first-order chi connectivity index (χ1) is 10.0. The second kappa shape index (κ2) is 5.50. The number of piperidine rings is 1. The van der Waals surface area contributed by atoms with E-state index in [4.69, 9.17) is 0 Å². The Morgan fingerprint density at radius 2 is 2.00 bits per heavy atom. The molecule has 0 saturated carbocycles. The van der Waals surface area contributed by atoms with Crippen LogP contribution in [0.5, 0.6) is 0 Å². The zero-order valence-electron chi connectivity index (χ0n) is 12.6. The highest BCUT2D eigenvalue weighted by atomic mass is 16.2. The number of likely N-dealkylation sites (tertiary alicyclic amines) is 1. The van der Waals surface area contributed by atoms with Crippen LogP contribution in [0.25, 0.3) is 0 Å². The van der Waals surface area contributed by atoms with Crippen molar-refractivity contribution < 1.29 is 4.79 Å². The maximum atomic E-state index is 11.9. The number of carbonyl (C=O) groups is 1. The fraction of sp³-hybridized carbons (Fsp3) is 0.667. The normalized spacial score (nSPS) is 23.9. The Bertz CT molecular complexity index is 590. The van der Waals surface area contributed by atoms with Crippen LogP contribution < -0.4 is 10.5 Å². The van der Waals surface area contributed by atoms with Gasteiger partial charge < -0.3 is 9.80 Å². The molecule has 0 unspecified atom stereocenters. The van der Waals surface area contributed by atoms with E-state index in [1.807, 2.05) is 0 Å². The molecule has 1 amide bonds. The van der Waals surface area contributed by atoms with Crippen LogP contribution in [0.15, 0.2) is 10.9 Å². The van der Waals surface area contributed by atoms with Crippen LogP contribution in [0.2, 0.25) is 0 Å². The van der Waals surface area contributed by atoms with Crippen molar-refractivity contribution in [1.82, 2.24) is 14.9 Å². The first-order valence-corrected chi connectivity index (χ1v) is 7.63. The van der Waals surface area contributed by atoms with Gasteiger partial charge in [0, 0.05) is 45.1 Å². The van der Waals surface area contributed by atoms with Gasteiger partial charge in [-0.15, -0.1) is 0 Å². The van der Waals surface area contributed by atoms with Gasteiger partial charge in [0.2, 0.25) is 11.9 Å². The molecule has 1 N–H and O–H groups in total. The lowest BCUT2D eigenvalue weighted by molar-refractivity contribution is -0.126. The monoisotopic (exact) mass is 290 g/mol. The molecule has 1 aromatic rings. The van der Waals surface area contributed by atoms with Crippen LogP contribution in [-0.4, -0.2) is 47.5 Å². The lowest BCUT2D eigenvalue weighted by atomic mass is 9.99. The third-order valence-electron chi connectivity index (χ3n) is 4.59. The summed E-state index contributed by atoms with van der Waals surface area (Å²) in [6.07, 6.45) is 2.70. The molecule has 1 atom stereocenters.